The lowest BCUT2D eigenvalue weighted by Crippen LogP contribution is -2.27. The van der Waals surface area contributed by atoms with Crippen molar-refractivity contribution in [3.05, 3.63) is 46.8 Å². The Labute approximate surface area is 155 Å². The summed E-state index contributed by atoms with van der Waals surface area (Å²) >= 11 is 0. The van der Waals surface area contributed by atoms with Crippen LogP contribution in [0, 0.1) is 23.7 Å². The van der Waals surface area contributed by atoms with Crippen LogP contribution < -0.4 is 4.74 Å². The number of fused-ring (bicyclic) bond motifs is 1. The van der Waals surface area contributed by atoms with Gasteiger partial charge in [-0.25, -0.2) is 0 Å². The van der Waals surface area contributed by atoms with E-state index in [0.29, 0.717) is 24.3 Å². The van der Waals surface area contributed by atoms with Gasteiger partial charge in [-0.05, 0) is 43.4 Å². The fraction of sp³-hybridized carbons (Fsp3) is 0.455. The van der Waals surface area contributed by atoms with Crippen molar-refractivity contribution in [3.8, 4) is 17.5 Å². The van der Waals surface area contributed by atoms with E-state index < -0.39 is 0 Å². The molecule has 4 nitrogen and oxygen atoms in total. The molecule has 0 amide bonds. The number of ether oxygens (including phenoxy) is 1. The summed E-state index contributed by atoms with van der Waals surface area (Å²) in [5.41, 5.74) is 4.33. The predicted molar refractivity (Wildman–Crippen MR) is 102 cm³/mol. The van der Waals surface area contributed by atoms with E-state index in [1.165, 1.54) is 0 Å². The zero-order valence-electron chi connectivity index (χ0n) is 16.1. The molecule has 2 aromatic rings. The molecule has 3 rings (SSSR count). The van der Waals surface area contributed by atoms with Crippen LogP contribution in [-0.4, -0.2) is 17.0 Å². The van der Waals surface area contributed by atoms with Gasteiger partial charge in [0, 0.05) is 29.4 Å². The van der Waals surface area contributed by atoms with Crippen LogP contribution >= 0.6 is 0 Å². The van der Waals surface area contributed by atoms with Gasteiger partial charge in [0.15, 0.2) is 5.78 Å². The number of unbranched alkanes of at least 4 members (excludes halogenated alkanes) is 1. The minimum atomic E-state index is -0.0531. The number of carbonyl (C=O) groups excluding carboxylic acids is 1. The topological polar surface area (TPSA) is 55.0 Å². The monoisotopic (exact) mass is 350 g/mol. The van der Waals surface area contributed by atoms with Gasteiger partial charge in [-0.2, -0.15) is 5.26 Å². The quantitative estimate of drug-likeness (QED) is 0.714. The molecule has 136 valence electrons. The maximum atomic E-state index is 12.6. The van der Waals surface area contributed by atoms with Crippen molar-refractivity contribution in [2.45, 2.75) is 53.4 Å². The minimum Gasteiger partial charge on any atom is -0.491 e. The second-order valence-corrected chi connectivity index (χ2v) is 7.92. The molecule has 0 bridgehead atoms. The van der Waals surface area contributed by atoms with Crippen LogP contribution in [0.3, 0.4) is 0 Å². The van der Waals surface area contributed by atoms with Crippen molar-refractivity contribution in [3.63, 3.8) is 0 Å². The SMILES string of the molecule is CCCCOc1cc(C#N)ccc1-n1c(C)cc2c1CC(C)(C)CC2=O. The van der Waals surface area contributed by atoms with E-state index in [1.54, 1.807) is 6.07 Å². The first-order valence-corrected chi connectivity index (χ1v) is 9.28. The highest BCUT2D eigenvalue weighted by Crippen LogP contribution is 2.39. The van der Waals surface area contributed by atoms with Gasteiger partial charge in [0.25, 0.3) is 0 Å². The number of hydrogen-bond acceptors (Lipinski definition) is 3. The summed E-state index contributed by atoms with van der Waals surface area (Å²) in [6.07, 6.45) is 3.44. The van der Waals surface area contributed by atoms with E-state index in [1.807, 2.05) is 25.1 Å². The molecule has 0 fully saturated rings. The summed E-state index contributed by atoms with van der Waals surface area (Å²) in [7, 11) is 0. The molecule has 0 saturated carbocycles. The van der Waals surface area contributed by atoms with Crippen molar-refractivity contribution < 1.29 is 9.53 Å². The van der Waals surface area contributed by atoms with Crippen molar-refractivity contribution in [1.29, 1.82) is 5.26 Å². The number of Topliss-reactive ketones (excluding diaryl/α,β-unsaturated/α-hetero) is 1. The van der Waals surface area contributed by atoms with Gasteiger partial charge in [0.1, 0.15) is 5.75 Å². The molecule has 0 radical (unpaired) electrons. The molecule has 0 N–H and O–H groups in total. The molecular formula is C22H26N2O2. The van der Waals surface area contributed by atoms with Crippen molar-refractivity contribution >= 4 is 5.78 Å². The van der Waals surface area contributed by atoms with Crippen LogP contribution in [-0.2, 0) is 6.42 Å². The van der Waals surface area contributed by atoms with Crippen LogP contribution in [0.15, 0.2) is 24.3 Å². The highest BCUT2D eigenvalue weighted by atomic mass is 16.5. The highest BCUT2D eigenvalue weighted by molar-refractivity contribution is 5.99. The molecule has 1 aliphatic rings. The summed E-state index contributed by atoms with van der Waals surface area (Å²) in [6, 6.07) is 9.71. The zero-order chi connectivity index (χ0) is 18.9. The number of benzene rings is 1. The van der Waals surface area contributed by atoms with Gasteiger partial charge in [0.2, 0.25) is 0 Å². The number of hydrogen-bond donors (Lipinski definition) is 0. The third-order valence-electron chi connectivity index (χ3n) is 4.96. The Morgan fingerprint density at radius 2 is 2.04 bits per heavy atom. The Balaban J connectivity index is 2.13. The Bertz CT molecular complexity index is 884. The molecular weight excluding hydrogens is 324 g/mol. The van der Waals surface area contributed by atoms with Gasteiger partial charge in [-0.1, -0.05) is 27.2 Å². The maximum Gasteiger partial charge on any atom is 0.165 e. The third kappa shape index (κ3) is 3.39. The number of aryl methyl sites for hydroxylation is 1. The molecule has 0 spiro atoms. The van der Waals surface area contributed by atoms with Gasteiger partial charge >= 0.3 is 0 Å². The van der Waals surface area contributed by atoms with E-state index in [2.05, 4.69) is 31.4 Å². The zero-order valence-corrected chi connectivity index (χ0v) is 16.1. The number of carbonyl (C=O) groups is 1. The van der Waals surface area contributed by atoms with E-state index in [0.717, 1.165) is 41.9 Å². The first kappa shape index (κ1) is 18.3. The molecule has 0 unspecified atom stereocenters. The average molecular weight is 350 g/mol. The molecule has 0 saturated heterocycles. The number of aromatic nitrogens is 1. The van der Waals surface area contributed by atoms with Crippen LogP contribution in [0.4, 0.5) is 0 Å². The van der Waals surface area contributed by atoms with Crippen LogP contribution in [0.25, 0.3) is 5.69 Å². The van der Waals surface area contributed by atoms with E-state index in [-0.39, 0.29) is 11.2 Å². The molecule has 1 aromatic heterocycles. The van der Waals surface area contributed by atoms with Crippen LogP contribution in [0.2, 0.25) is 0 Å². The normalized spacial score (nSPS) is 15.4. The summed E-state index contributed by atoms with van der Waals surface area (Å²) < 4.78 is 8.15. The average Bonchev–Trinajstić information content (AvgIpc) is 2.90. The van der Waals surface area contributed by atoms with Crippen molar-refractivity contribution in [1.82, 2.24) is 4.57 Å². The van der Waals surface area contributed by atoms with E-state index >= 15 is 0 Å². The maximum absolute atomic E-state index is 12.6. The first-order valence-electron chi connectivity index (χ1n) is 9.28. The Kier molecular flexibility index (Phi) is 4.91. The Morgan fingerprint density at radius 1 is 1.27 bits per heavy atom. The van der Waals surface area contributed by atoms with E-state index in [9.17, 15) is 10.1 Å². The molecule has 1 heterocycles. The van der Waals surface area contributed by atoms with Crippen LogP contribution in [0.5, 0.6) is 5.75 Å². The van der Waals surface area contributed by atoms with Crippen LogP contribution in [0.1, 0.15) is 67.3 Å². The molecule has 4 heteroatoms. The third-order valence-corrected chi connectivity index (χ3v) is 4.96. The lowest BCUT2D eigenvalue weighted by Gasteiger charge is -2.30. The summed E-state index contributed by atoms with van der Waals surface area (Å²) in [4.78, 5) is 12.6. The van der Waals surface area contributed by atoms with Gasteiger partial charge in [-0.15, -0.1) is 0 Å². The number of rotatable bonds is 5. The number of ketones is 1. The summed E-state index contributed by atoms with van der Waals surface area (Å²) in [5, 5.41) is 9.25. The molecule has 26 heavy (non-hydrogen) atoms. The van der Waals surface area contributed by atoms with Gasteiger partial charge in [0.05, 0.1) is 23.9 Å². The van der Waals surface area contributed by atoms with Gasteiger partial charge < -0.3 is 9.30 Å². The fourth-order valence-electron chi connectivity index (χ4n) is 3.70. The van der Waals surface area contributed by atoms with E-state index in [4.69, 9.17) is 4.74 Å². The largest absolute Gasteiger partial charge is 0.491 e. The van der Waals surface area contributed by atoms with Gasteiger partial charge in [-0.3, -0.25) is 4.79 Å². The Hall–Kier alpha value is -2.54. The predicted octanol–water partition coefficient (Wildman–Crippen LogP) is 4.99. The molecule has 1 aromatic carbocycles. The summed E-state index contributed by atoms with van der Waals surface area (Å²) in [5.74, 6) is 0.912. The highest BCUT2D eigenvalue weighted by Gasteiger charge is 2.34. The smallest absolute Gasteiger partial charge is 0.165 e. The first-order chi connectivity index (χ1) is 12.4. The second kappa shape index (κ2) is 6.99. The second-order valence-electron chi connectivity index (χ2n) is 7.92. The fourth-order valence-corrected chi connectivity index (χ4v) is 3.70. The molecule has 1 aliphatic carbocycles. The lowest BCUT2D eigenvalue weighted by molar-refractivity contribution is 0.0911. The number of nitriles is 1. The minimum absolute atomic E-state index is 0.0531. The van der Waals surface area contributed by atoms with Crippen molar-refractivity contribution in [2.24, 2.45) is 5.41 Å². The number of nitrogens with zero attached hydrogens (tertiary/aromatic N) is 2. The Morgan fingerprint density at radius 3 is 2.73 bits per heavy atom. The molecule has 0 aliphatic heterocycles. The van der Waals surface area contributed by atoms with Crippen molar-refractivity contribution in [2.75, 3.05) is 6.61 Å². The molecule has 0 atom stereocenters. The lowest BCUT2D eigenvalue weighted by atomic mass is 9.76. The standard InChI is InChI=1S/C22H26N2O2/c1-5-6-9-26-21-11-16(14-23)7-8-18(21)24-15(2)10-17-19(24)12-22(3,4)13-20(17)25/h7-8,10-11H,5-6,9,12-13H2,1-4H3. The summed E-state index contributed by atoms with van der Waals surface area (Å²) in [6.45, 7) is 9.03.